The first kappa shape index (κ1) is 14.3. The molecule has 1 saturated carbocycles. The fraction of sp³-hybridized carbons (Fsp3) is 0.571. The van der Waals surface area contributed by atoms with Crippen molar-refractivity contribution in [3.63, 3.8) is 0 Å². The summed E-state index contributed by atoms with van der Waals surface area (Å²) in [5.74, 6) is 1.32. The zero-order valence-electron chi connectivity index (χ0n) is 11.5. The molecule has 1 aliphatic rings. The van der Waals surface area contributed by atoms with Crippen molar-refractivity contribution in [2.24, 2.45) is 17.0 Å². The molecule has 2 rings (SSSR count). The van der Waals surface area contributed by atoms with E-state index in [9.17, 15) is 8.42 Å². The first-order valence-electron chi connectivity index (χ1n) is 6.75. The zero-order valence-corrected chi connectivity index (χ0v) is 12.3. The average molecular weight is 282 g/mol. The summed E-state index contributed by atoms with van der Waals surface area (Å²) in [4.78, 5) is 0.161. The standard InChI is InChI=1S/C14H22N2O2S/c1-10-6-7-11(2)14(8-10)16-12-4-3-5-13(9-12)19(15,17)18/h3-5,9-11,14,16H,6-8H2,1-2H3,(H2,15,17,18). The van der Waals surface area contributed by atoms with Gasteiger partial charge < -0.3 is 5.32 Å². The quantitative estimate of drug-likeness (QED) is 0.895. The van der Waals surface area contributed by atoms with Gasteiger partial charge in [-0.15, -0.1) is 0 Å². The van der Waals surface area contributed by atoms with Crippen molar-refractivity contribution >= 4 is 15.7 Å². The Kier molecular flexibility index (Phi) is 4.16. The van der Waals surface area contributed by atoms with Crippen molar-refractivity contribution in [3.05, 3.63) is 24.3 Å². The van der Waals surface area contributed by atoms with Crippen LogP contribution in [0.5, 0.6) is 0 Å². The normalized spacial score (nSPS) is 28.1. The highest BCUT2D eigenvalue weighted by atomic mass is 32.2. The summed E-state index contributed by atoms with van der Waals surface area (Å²) >= 11 is 0. The van der Waals surface area contributed by atoms with E-state index in [0.717, 1.165) is 18.0 Å². The largest absolute Gasteiger partial charge is 0.382 e. The second-order valence-corrected chi connectivity index (χ2v) is 7.28. The zero-order chi connectivity index (χ0) is 14.0. The Morgan fingerprint density at radius 3 is 2.68 bits per heavy atom. The van der Waals surface area contributed by atoms with Gasteiger partial charge in [-0.25, -0.2) is 13.6 Å². The third-order valence-electron chi connectivity index (χ3n) is 3.97. The molecule has 1 aromatic rings. The molecule has 19 heavy (non-hydrogen) atoms. The molecule has 1 aliphatic carbocycles. The molecule has 0 aromatic heterocycles. The average Bonchev–Trinajstić information content (AvgIpc) is 2.33. The van der Waals surface area contributed by atoms with Crippen LogP contribution >= 0.6 is 0 Å². The van der Waals surface area contributed by atoms with Crippen molar-refractivity contribution in [1.29, 1.82) is 0 Å². The Morgan fingerprint density at radius 2 is 2.00 bits per heavy atom. The molecule has 3 unspecified atom stereocenters. The lowest BCUT2D eigenvalue weighted by atomic mass is 9.80. The lowest BCUT2D eigenvalue weighted by Gasteiger charge is -2.34. The van der Waals surface area contributed by atoms with Crippen LogP contribution in [0.4, 0.5) is 5.69 Å². The molecule has 0 radical (unpaired) electrons. The maximum atomic E-state index is 11.3. The van der Waals surface area contributed by atoms with Gasteiger partial charge in [0.05, 0.1) is 4.90 Å². The predicted octanol–water partition coefficient (Wildman–Crippen LogP) is 2.57. The summed E-state index contributed by atoms with van der Waals surface area (Å²) in [6, 6.07) is 7.15. The number of hydrogen-bond donors (Lipinski definition) is 2. The molecule has 0 heterocycles. The van der Waals surface area contributed by atoms with Crippen LogP contribution in [-0.2, 0) is 10.0 Å². The third-order valence-corrected chi connectivity index (χ3v) is 4.88. The Labute approximate surface area is 115 Å². The molecule has 106 valence electrons. The van der Waals surface area contributed by atoms with Crippen molar-refractivity contribution < 1.29 is 8.42 Å². The van der Waals surface area contributed by atoms with Gasteiger partial charge in [-0.05, 0) is 42.9 Å². The van der Waals surface area contributed by atoms with Gasteiger partial charge in [0.15, 0.2) is 0 Å². The molecule has 1 aromatic carbocycles. The summed E-state index contributed by atoms with van der Waals surface area (Å²) in [5, 5.41) is 8.61. The van der Waals surface area contributed by atoms with E-state index >= 15 is 0 Å². The fourth-order valence-electron chi connectivity index (χ4n) is 2.71. The smallest absolute Gasteiger partial charge is 0.238 e. The van der Waals surface area contributed by atoms with Gasteiger partial charge >= 0.3 is 0 Å². The highest BCUT2D eigenvalue weighted by Crippen LogP contribution is 2.30. The maximum Gasteiger partial charge on any atom is 0.238 e. The van der Waals surface area contributed by atoms with Crippen molar-refractivity contribution in [2.75, 3.05) is 5.32 Å². The van der Waals surface area contributed by atoms with Gasteiger partial charge in [0.1, 0.15) is 0 Å². The van der Waals surface area contributed by atoms with Crippen LogP contribution in [0.2, 0.25) is 0 Å². The second kappa shape index (κ2) is 5.51. The van der Waals surface area contributed by atoms with Crippen LogP contribution in [0.3, 0.4) is 0 Å². The molecular weight excluding hydrogens is 260 g/mol. The molecule has 0 bridgehead atoms. The van der Waals surface area contributed by atoms with Crippen LogP contribution in [0.15, 0.2) is 29.2 Å². The summed E-state index contributed by atoms with van der Waals surface area (Å²) < 4.78 is 22.7. The van der Waals surface area contributed by atoms with E-state index in [1.54, 1.807) is 12.1 Å². The maximum absolute atomic E-state index is 11.3. The minimum atomic E-state index is -3.63. The minimum Gasteiger partial charge on any atom is -0.382 e. The van der Waals surface area contributed by atoms with E-state index in [0.29, 0.717) is 12.0 Å². The van der Waals surface area contributed by atoms with Crippen LogP contribution in [-0.4, -0.2) is 14.5 Å². The van der Waals surface area contributed by atoms with Gasteiger partial charge in [0.25, 0.3) is 0 Å². The van der Waals surface area contributed by atoms with Gasteiger partial charge in [-0.1, -0.05) is 26.3 Å². The number of anilines is 1. The third kappa shape index (κ3) is 3.70. The molecule has 3 atom stereocenters. The molecule has 1 fully saturated rings. The van der Waals surface area contributed by atoms with Gasteiger partial charge in [-0.2, -0.15) is 0 Å². The number of nitrogens with one attached hydrogen (secondary N) is 1. The first-order chi connectivity index (χ1) is 8.86. The topological polar surface area (TPSA) is 72.2 Å². The molecule has 0 spiro atoms. The summed E-state index contributed by atoms with van der Waals surface area (Å²) in [5.41, 5.74) is 0.831. The number of rotatable bonds is 3. The Bertz CT molecular complexity index is 542. The Hall–Kier alpha value is -1.07. The number of benzene rings is 1. The van der Waals surface area contributed by atoms with Gasteiger partial charge in [0.2, 0.25) is 10.0 Å². The fourth-order valence-corrected chi connectivity index (χ4v) is 3.27. The molecule has 0 aliphatic heterocycles. The SMILES string of the molecule is CC1CCC(C)C(Nc2cccc(S(N)(=O)=O)c2)C1. The lowest BCUT2D eigenvalue weighted by Crippen LogP contribution is -2.33. The van der Waals surface area contributed by atoms with Gasteiger partial charge in [-0.3, -0.25) is 0 Å². The number of nitrogens with two attached hydrogens (primary N) is 1. The number of hydrogen-bond acceptors (Lipinski definition) is 3. The number of primary sulfonamides is 1. The van der Waals surface area contributed by atoms with E-state index in [1.165, 1.54) is 18.9 Å². The Balaban J connectivity index is 2.15. The molecular formula is C14H22N2O2S. The first-order valence-corrected chi connectivity index (χ1v) is 8.30. The molecule has 0 saturated heterocycles. The lowest BCUT2D eigenvalue weighted by molar-refractivity contribution is 0.280. The van der Waals surface area contributed by atoms with Crippen LogP contribution in [0.25, 0.3) is 0 Å². The van der Waals surface area contributed by atoms with Crippen molar-refractivity contribution in [1.82, 2.24) is 0 Å². The highest BCUT2D eigenvalue weighted by molar-refractivity contribution is 7.89. The minimum absolute atomic E-state index is 0.161. The van der Waals surface area contributed by atoms with Crippen molar-refractivity contribution in [3.8, 4) is 0 Å². The second-order valence-electron chi connectivity index (χ2n) is 5.72. The molecule has 0 amide bonds. The van der Waals surface area contributed by atoms with E-state index < -0.39 is 10.0 Å². The molecule has 4 nitrogen and oxygen atoms in total. The summed E-state index contributed by atoms with van der Waals surface area (Å²) in [6.07, 6.45) is 3.62. The summed E-state index contributed by atoms with van der Waals surface area (Å²) in [6.45, 7) is 4.51. The predicted molar refractivity (Wildman–Crippen MR) is 77.4 cm³/mol. The van der Waals surface area contributed by atoms with E-state index in [4.69, 9.17) is 5.14 Å². The molecule has 5 heteroatoms. The van der Waals surface area contributed by atoms with Gasteiger partial charge in [0, 0.05) is 11.7 Å². The van der Waals surface area contributed by atoms with E-state index in [-0.39, 0.29) is 4.90 Å². The van der Waals surface area contributed by atoms with Crippen molar-refractivity contribution in [2.45, 2.75) is 44.0 Å². The van der Waals surface area contributed by atoms with Crippen LogP contribution in [0, 0.1) is 11.8 Å². The van der Waals surface area contributed by atoms with Crippen LogP contribution < -0.4 is 10.5 Å². The van der Waals surface area contributed by atoms with Crippen LogP contribution in [0.1, 0.15) is 33.1 Å². The van der Waals surface area contributed by atoms with E-state index in [2.05, 4.69) is 19.2 Å². The monoisotopic (exact) mass is 282 g/mol. The number of sulfonamides is 1. The Morgan fingerprint density at radius 1 is 1.26 bits per heavy atom. The highest BCUT2D eigenvalue weighted by Gasteiger charge is 2.25. The molecule has 3 N–H and O–H groups in total. The van der Waals surface area contributed by atoms with E-state index in [1.807, 2.05) is 6.07 Å². The summed E-state index contributed by atoms with van der Waals surface area (Å²) in [7, 11) is -3.63.